The van der Waals surface area contributed by atoms with Crippen molar-refractivity contribution in [1.29, 1.82) is 0 Å². The standard InChI is InChI=1S/C20H25ClN3O4S2.BrH/c1-13(18(25)14-7-5-4-6-8-14)23(2)19-24(3)20(26,12-29-19)15-9-10-16(21)17(11-15)30(22,27)28;/h4-11,13,18,25-26H,12H2,1-3H3,(H2,22,27,28);1H/q+1;/p-1. The van der Waals surface area contributed by atoms with E-state index in [0.29, 0.717) is 5.56 Å². The highest BCUT2D eigenvalue weighted by Gasteiger charge is 2.50. The maximum absolute atomic E-state index is 11.8. The van der Waals surface area contributed by atoms with E-state index < -0.39 is 21.9 Å². The van der Waals surface area contributed by atoms with Crippen molar-refractivity contribution in [2.75, 3.05) is 19.8 Å². The van der Waals surface area contributed by atoms with Crippen LogP contribution in [-0.4, -0.2) is 59.2 Å². The summed E-state index contributed by atoms with van der Waals surface area (Å²) in [5.74, 6) is 0.267. The van der Waals surface area contributed by atoms with E-state index >= 15 is 0 Å². The molecule has 1 aliphatic heterocycles. The van der Waals surface area contributed by atoms with Gasteiger partial charge in [-0.3, -0.25) is 4.58 Å². The lowest BCUT2D eigenvalue weighted by molar-refractivity contribution is -0.549. The van der Waals surface area contributed by atoms with Gasteiger partial charge in [0, 0.05) is 5.56 Å². The average Bonchev–Trinajstić information content (AvgIpc) is 3.02. The second-order valence-corrected chi connectivity index (χ2v) is 10.2. The van der Waals surface area contributed by atoms with E-state index in [4.69, 9.17) is 16.7 Å². The Labute approximate surface area is 202 Å². The van der Waals surface area contributed by atoms with Crippen molar-refractivity contribution in [3.05, 3.63) is 64.7 Å². The number of halogens is 2. The van der Waals surface area contributed by atoms with Crippen LogP contribution in [0.4, 0.5) is 0 Å². The molecule has 0 aromatic heterocycles. The molecule has 0 radical (unpaired) electrons. The monoisotopic (exact) mass is 549 g/mol. The number of hydrogen-bond donors (Lipinski definition) is 3. The smallest absolute Gasteiger partial charge is 0.311 e. The number of primary sulfonamides is 1. The number of nitrogens with two attached hydrogens (primary N) is 1. The number of hydrogen-bond acceptors (Lipinski definition) is 5. The fourth-order valence-electron chi connectivity index (χ4n) is 3.42. The van der Waals surface area contributed by atoms with Gasteiger partial charge in [-0.25, -0.2) is 18.5 Å². The van der Waals surface area contributed by atoms with Crippen molar-refractivity contribution in [2.45, 2.75) is 29.7 Å². The molecule has 1 saturated heterocycles. The van der Waals surface area contributed by atoms with E-state index in [0.717, 1.165) is 10.7 Å². The SMILES string of the molecule is CC(C(O)c1ccccc1)[N+](C)=C1SCC(O)(c2ccc(Cl)c(S(N)(=O)=O)c2)N1C.[Br-]. The Kier molecular flexibility index (Phi) is 8.24. The molecule has 1 heterocycles. The number of aliphatic hydroxyl groups is 2. The molecule has 1 fully saturated rings. The molecule has 3 atom stereocenters. The number of rotatable bonds is 5. The van der Waals surface area contributed by atoms with Crippen LogP contribution in [0.3, 0.4) is 0 Å². The van der Waals surface area contributed by atoms with Gasteiger partial charge < -0.3 is 27.2 Å². The topological polar surface area (TPSA) is 107 Å². The predicted molar refractivity (Wildman–Crippen MR) is 119 cm³/mol. The Balaban J connectivity index is 0.00000341. The fraction of sp³-hybridized carbons (Fsp3) is 0.350. The van der Waals surface area contributed by atoms with Crippen molar-refractivity contribution in [3.63, 3.8) is 0 Å². The summed E-state index contributed by atoms with van der Waals surface area (Å²) < 4.78 is 25.6. The molecule has 4 N–H and O–H groups in total. The lowest BCUT2D eigenvalue weighted by Crippen LogP contribution is -3.00. The molecule has 0 amide bonds. The molecule has 7 nitrogen and oxygen atoms in total. The number of thioether (sulfide) groups is 1. The van der Waals surface area contributed by atoms with Gasteiger partial charge in [0.15, 0.2) is 0 Å². The maximum atomic E-state index is 11.8. The third-order valence-corrected chi connectivity index (χ3v) is 8.21. The van der Waals surface area contributed by atoms with Crippen LogP contribution in [0.1, 0.15) is 24.2 Å². The Morgan fingerprint density at radius 2 is 1.87 bits per heavy atom. The molecule has 170 valence electrons. The van der Waals surface area contributed by atoms with Gasteiger partial charge >= 0.3 is 5.17 Å². The molecule has 31 heavy (non-hydrogen) atoms. The van der Waals surface area contributed by atoms with Crippen molar-refractivity contribution in [1.82, 2.24) is 4.90 Å². The summed E-state index contributed by atoms with van der Waals surface area (Å²) in [6.45, 7) is 1.90. The predicted octanol–water partition coefficient (Wildman–Crippen LogP) is -1.06. The molecule has 3 unspecified atom stereocenters. The minimum atomic E-state index is -4.03. The quantitative estimate of drug-likeness (QED) is 0.410. The van der Waals surface area contributed by atoms with Crippen LogP contribution in [0.5, 0.6) is 0 Å². The number of likely N-dealkylation sites (N-methyl/N-ethyl adjacent to an activating group) is 1. The lowest BCUT2D eigenvalue weighted by atomic mass is 10.0. The van der Waals surface area contributed by atoms with Gasteiger partial charge in [0.1, 0.15) is 17.0 Å². The van der Waals surface area contributed by atoms with Gasteiger partial charge in [-0.05, 0) is 36.4 Å². The van der Waals surface area contributed by atoms with Crippen LogP contribution >= 0.6 is 23.4 Å². The number of sulfonamides is 1. The number of amidine groups is 1. The molecule has 3 rings (SSSR count). The van der Waals surface area contributed by atoms with Crippen LogP contribution in [0.2, 0.25) is 5.02 Å². The van der Waals surface area contributed by atoms with E-state index in [2.05, 4.69) is 0 Å². The summed E-state index contributed by atoms with van der Waals surface area (Å²) in [6.07, 6.45) is -0.726. The van der Waals surface area contributed by atoms with E-state index in [1.807, 2.05) is 48.9 Å². The van der Waals surface area contributed by atoms with Crippen LogP contribution in [0, 0.1) is 0 Å². The van der Waals surface area contributed by atoms with E-state index in [1.54, 1.807) is 18.0 Å². The molecule has 11 heteroatoms. The summed E-state index contributed by atoms with van der Waals surface area (Å²) in [4.78, 5) is 1.44. The van der Waals surface area contributed by atoms with Crippen molar-refractivity contribution < 1.29 is 40.2 Å². The zero-order valence-electron chi connectivity index (χ0n) is 17.2. The minimum Gasteiger partial charge on any atom is -1.00 e. The Hall–Kier alpha value is -1.14. The first kappa shape index (κ1) is 26.1. The molecule has 0 spiro atoms. The maximum Gasteiger partial charge on any atom is 0.311 e. The highest BCUT2D eigenvalue weighted by molar-refractivity contribution is 8.13. The van der Waals surface area contributed by atoms with Gasteiger partial charge in [-0.15, -0.1) is 0 Å². The second-order valence-electron chi connectivity index (χ2n) is 7.34. The summed E-state index contributed by atoms with van der Waals surface area (Å²) in [5, 5.41) is 28.1. The van der Waals surface area contributed by atoms with Crippen molar-refractivity contribution in [2.24, 2.45) is 5.14 Å². The summed E-state index contributed by atoms with van der Waals surface area (Å²) >= 11 is 7.39. The van der Waals surface area contributed by atoms with Gasteiger partial charge in [-0.2, -0.15) is 0 Å². The minimum absolute atomic E-state index is 0. The third-order valence-electron chi connectivity index (χ3n) is 5.46. The second kappa shape index (κ2) is 9.78. The molecular weight excluding hydrogens is 526 g/mol. The normalized spacial score (nSPS) is 22.6. The van der Waals surface area contributed by atoms with Gasteiger partial charge in [-0.1, -0.05) is 48.0 Å². The van der Waals surface area contributed by atoms with Crippen LogP contribution in [0.25, 0.3) is 0 Å². The van der Waals surface area contributed by atoms with Gasteiger partial charge in [0.25, 0.3) is 0 Å². The summed E-state index contributed by atoms with van der Waals surface area (Å²) in [7, 11) is -0.466. The lowest BCUT2D eigenvalue weighted by Gasteiger charge is -2.27. The molecule has 2 aromatic rings. The largest absolute Gasteiger partial charge is 1.00 e. The average molecular weight is 551 g/mol. The zero-order valence-corrected chi connectivity index (χ0v) is 21.2. The van der Waals surface area contributed by atoms with Crippen molar-refractivity contribution >= 4 is 38.6 Å². The molecular formula is C20H25BrClN3O4S2. The van der Waals surface area contributed by atoms with E-state index in [9.17, 15) is 18.6 Å². The molecule has 0 bridgehead atoms. The van der Waals surface area contributed by atoms with Crippen molar-refractivity contribution in [3.8, 4) is 0 Å². The van der Waals surface area contributed by atoms with Crippen LogP contribution < -0.4 is 22.1 Å². The first-order valence-electron chi connectivity index (χ1n) is 9.21. The Morgan fingerprint density at radius 3 is 2.45 bits per heavy atom. The first-order valence-corrected chi connectivity index (χ1v) is 12.1. The van der Waals surface area contributed by atoms with Crippen LogP contribution in [-0.2, 0) is 15.7 Å². The first-order chi connectivity index (χ1) is 14.0. The molecule has 1 aliphatic rings. The van der Waals surface area contributed by atoms with E-state index in [1.165, 1.54) is 23.9 Å². The summed E-state index contributed by atoms with van der Waals surface area (Å²) in [6, 6.07) is 13.4. The number of benzene rings is 2. The Bertz CT molecular complexity index is 1090. The Morgan fingerprint density at radius 1 is 1.26 bits per heavy atom. The molecule has 0 saturated carbocycles. The molecule has 0 aliphatic carbocycles. The third kappa shape index (κ3) is 5.11. The highest BCUT2D eigenvalue weighted by atomic mass is 79.9. The van der Waals surface area contributed by atoms with E-state index in [-0.39, 0.29) is 38.7 Å². The number of aliphatic hydroxyl groups excluding tert-OH is 1. The van der Waals surface area contributed by atoms with Crippen LogP contribution in [0.15, 0.2) is 53.4 Å². The highest BCUT2D eigenvalue weighted by Crippen LogP contribution is 2.39. The molecule has 2 aromatic carbocycles. The van der Waals surface area contributed by atoms with Gasteiger partial charge in [0.2, 0.25) is 15.7 Å². The number of nitrogens with zero attached hydrogens (tertiary/aromatic N) is 2. The van der Waals surface area contributed by atoms with Gasteiger partial charge in [0.05, 0.1) is 24.9 Å². The summed E-state index contributed by atoms with van der Waals surface area (Å²) in [5.41, 5.74) is -0.296. The fourth-order valence-corrected chi connectivity index (χ4v) is 5.89. The zero-order chi connectivity index (χ0) is 22.3.